The Morgan fingerprint density at radius 3 is 2.73 bits per heavy atom. The van der Waals surface area contributed by atoms with Gasteiger partial charge in [-0.15, -0.1) is 11.3 Å². The van der Waals surface area contributed by atoms with Gasteiger partial charge in [0.1, 0.15) is 17.1 Å². The molecule has 4 rings (SSSR count). The van der Waals surface area contributed by atoms with Crippen LogP contribution < -0.4 is 11.0 Å². The van der Waals surface area contributed by atoms with Crippen molar-refractivity contribution in [2.75, 3.05) is 0 Å². The maximum Gasteiger partial charge on any atom is 0.351 e. The summed E-state index contributed by atoms with van der Waals surface area (Å²) in [7, 11) is 0. The van der Waals surface area contributed by atoms with Crippen molar-refractivity contribution >= 4 is 17.2 Å². The van der Waals surface area contributed by atoms with Crippen LogP contribution in [0.4, 0.5) is 4.39 Å². The molecule has 0 bridgehead atoms. The summed E-state index contributed by atoms with van der Waals surface area (Å²) >= 11 is 1.22. The van der Waals surface area contributed by atoms with E-state index in [-0.39, 0.29) is 24.0 Å². The van der Waals surface area contributed by atoms with Gasteiger partial charge >= 0.3 is 5.69 Å². The van der Waals surface area contributed by atoms with Crippen molar-refractivity contribution in [2.45, 2.75) is 20.0 Å². The minimum atomic E-state index is -0.333. The standard InChI is InChI=1S/C21H18FN5O2S/c1-14-9-18(30-19(14)20(28)24-11-16-3-2-8-23-10-16)26-13-25-27(21(26)29)12-15-4-6-17(22)7-5-15/h2-10,13H,11-12H2,1H3,(H,24,28). The Bertz CT molecular complexity index is 1230. The third-order valence-corrected chi connectivity index (χ3v) is 5.74. The second-order valence-corrected chi connectivity index (χ2v) is 7.74. The Morgan fingerprint density at radius 1 is 1.20 bits per heavy atom. The predicted molar refractivity (Wildman–Crippen MR) is 111 cm³/mol. The van der Waals surface area contributed by atoms with E-state index in [1.807, 2.05) is 19.1 Å². The second kappa shape index (κ2) is 8.42. The summed E-state index contributed by atoms with van der Waals surface area (Å²) in [6.45, 7) is 2.43. The van der Waals surface area contributed by atoms with Crippen molar-refractivity contribution < 1.29 is 9.18 Å². The first-order chi connectivity index (χ1) is 14.5. The van der Waals surface area contributed by atoms with Crippen LogP contribution in [-0.2, 0) is 13.1 Å². The summed E-state index contributed by atoms with van der Waals surface area (Å²) in [5, 5.41) is 7.62. The van der Waals surface area contributed by atoms with Crippen LogP contribution in [0.3, 0.4) is 0 Å². The van der Waals surface area contributed by atoms with Crippen LogP contribution in [0.2, 0.25) is 0 Å². The van der Waals surface area contributed by atoms with E-state index < -0.39 is 0 Å². The van der Waals surface area contributed by atoms with E-state index in [4.69, 9.17) is 0 Å². The highest BCUT2D eigenvalue weighted by Crippen LogP contribution is 2.24. The summed E-state index contributed by atoms with van der Waals surface area (Å²) < 4.78 is 15.8. The summed E-state index contributed by atoms with van der Waals surface area (Å²) in [4.78, 5) is 29.9. The van der Waals surface area contributed by atoms with Crippen LogP contribution in [0.15, 0.2) is 66.0 Å². The van der Waals surface area contributed by atoms with Gasteiger partial charge in [0.05, 0.1) is 11.4 Å². The SMILES string of the molecule is Cc1cc(-n2cnn(Cc3ccc(F)cc3)c2=O)sc1C(=O)NCc1cccnc1. The molecular weight excluding hydrogens is 405 g/mol. The molecule has 4 aromatic rings. The number of pyridine rings is 1. The van der Waals surface area contributed by atoms with Crippen LogP contribution in [0.25, 0.3) is 5.00 Å². The fourth-order valence-electron chi connectivity index (χ4n) is 2.93. The Hall–Kier alpha value is -3.59. The molecule has 1 N–H and O–H groups in total. The molecule has 3 heterocycles. The molecule has 0 saturated heterocycles. The van der Waals surface area contributed by atoms with Crippen LogP contribution in [0.1, 0.15) is 26.4 Å². The third kappa shape index (κ3) is 4.20. The van der Waals surface area contributed by atoms with Crippen molar-refractivity contribution in [3.63, 3.8) is 0 Å². The fourth-order valence-corrected chi connectivity index (χ4v) is 3.99. The number of aryl methyl sites for hydroxylation is 1. The van der Waals surface area contributed by atoms with Crippen molar-refractivity contribution in [3.8, 4) is 5.00 Å². The summed E-state index contributed by atoms with van der Waals surface area (Å²) in [6.07, 6.45) is 4.80. The number of carbonyl (C=O) groups is 1. The number of amides is 1. The molecule has 0 saturated carbocycles. The third-order valence-electron chi connectivity index (χ3n) is 4.50. The average molecular weight is 423 g/mol. The number of benzene rings is 1. The molecule has 9 heteroatoms. The summed E-state index contributed by atoms with van der Waals surface area (Å²) in [5.74, 6) is -0.542. The van der Waals surface area contributed by atoms with E-state index in [9.17, 15) is 14.0 Å². The molecule has 0 radical (unpaired) electrons. The van der Waals surface area contributed by atoms with Crippen LogP contribution in [0.5, 0.6) is 0 Å². The largest absolute Gasteiger partial charge is 0.351 e. The van der Waals surface area contributed by atoms with Crippen molar-refractivity contribution in [2.24, 2.45) is 0 Å². The number of hydrogen-bond donors (Lipinski definition) is 1. The maximum absolute atomic E-state index is 13.1. The quantitative estimate of drug-likeness (QED) is 0.517. The molecule has 0 fully saturated rings. The molecule has 0 aliphatic rings. The molecule has 0 unspecified atom stereocenters. The van der Waals surface area contributed by atoms with E-state index in [1.165, 1.54) is 39.0 Å². The molecule has 0 aliphatic carbocycles. The van der Waals surface area contributed by atoms with Crippen LogP contribution >= 0.6 is 11.3 Å². The highest BCUT2D eigenvalue weighted by molar-refractivity contribution is 7.16. The van der Waals surface area contributed by atoms with Gasteiger partial charge in [0.15, 0.2) is 0 Å². The first kappa shape index (κ1) is 19.7. The molecule has 1 aromatic carbocycles. The van der Waals surface area contributed by atoms with E-state index in [2.05, 4.69) is 15.4 Å². The zero-order chi connectivity index (χ0) is 21.1. The van der Waals surface area contributed by atoms with Crippen molar-refractivity contribution in [1.29, 1.82) is 0 Å². The number of aromatic nitrogens is 4. The number of hydrogen-bond acceptors (Lipinski definition) is 5. The number of rotatable bonds is 6. The lowest BCUT2D eigenvalue weighted by Gasteiger charge is -2.04. The zero-order valence-corrected chi connectivity index (χ0v) is 16.9. The minimum Gasteiger partial charge on any atom is -0.347 e. The topological polar surface area (TPSA) is 81.8 Å². The van der Waals surface area contributed by atoms with Gasteiger partial charge in [-0.3, -0.25) is 9.78 Å². The van der Waals surface area contributed by atoms with Crippen LogP contribution in [0, 0.1) is 12.7 Å². The Balaban J connectivity index is 1.51. The molecule has 0 spiro atoms. The average Bonchev–Trinajstić information content (AvgIpc) is 3.31. The number of nitrogens with zero attached hydrogens (tertiary/aromatic N) is 4. The lowest BCUT2D eigenvalue weighted by Crippen LogP contribution is -2.24. The molecule has 7 nitrogen and oxygen atoms in total. The van der Waals surface area contributed by atoms with Crippen molar-refractivity contribution in [3.05, 3.63) is 99.1 Å². The lowest BCUT2D eigenvalue weighted by molar-refractivity contribution is 0.0954. The number of carbonyl (C=O) groups excluding carboxylic acids is 1. The fraction of sp³-hybridized carbons (Fsp3) is 0.143. The first-order valence-electron chi connectivity index (χ1n) is 9.18. The molecule has 0 atom stereocenters. The van der Waals surface area contributed by atoms with E-state index in [1.54, 1.807) is 30.6 Å². The molecule has 152 valence electrons. The molecule has 0 aliphatic heterocycles. The zero-order valence-electron chi connectivity index (χ0n) is 16.1. The Kier molecular flexibility index (Phi) is 5.53. The van der Waals surface area contributed by atoms with E-state index >= 15 is 0 Å². The van der Waals surface area contributed by atoms with Gasteiger partial charge in [0, 0.05) is 18.9 Å². The van der Waals surface area contributed by atoms with Gasteiger partial charge < -0.3 is 5.32 Å². The monoisotopic (exact) mass is 423 g/mol. The van der Waals surface area contributed by atoms with E-state index in [0.717, 1.165) is 16.7 Å². The van der Waals surface area contributed by atoms with Gasteiger partial charge in [-0.25, -0.2) is 18.4 Å². The molecule has 3 aromatic heterocycles. The van der Waals surface area contributed by atoms with Gasteiger partial charge in [-0.05, 0) is 47.9 Å². The summed E-state index contributed by atoms with van der Waals surface area (Å²) in [5.41, 5.74) is 2.11. The Morgan fingerprint density at radius 2 is 2.00 bits per heavy atom. The number of thiophene rings is 1. The van der Waals surface area contributed by atoms with Gasteiger partial charge in [-0.2, -0.15) is 5.10 Å². The maximum atomic E-state index is 13.1. The molecule has 1 amide bonds. The van der Waals surface area contributed by atoms with Gasteiger partial charge in [0.2, 0.25) is 0 Å². The summed E-state index contributed by atoms with van der Waals surface area (Å²) in [6, 6.07) is 11.4. The number of halogens is 1. The van der Waals surface area contributed by atoms with Crippen molar-refractivity contribution in [1.82, 2.24) is 24.6 Å². The lowest BCUT2D eigenvalue weighted by atomic mass is 10.2. The van der Waals surface area contributed by atoms with Crippen LogP contribution in [-0.4, -0.2) is 25.2 Å². The molecule has 30 heavy (non-hydrogen) atoms. The highest BCUT2D eigenvalue weighted by atomic mass is 32.1. The normalized spacial score (nSPS) is 10.9. The minimum absolute atomic E-state index is 0.209. The van der Waals surface area contributed by atoms with Gasteiger partial charge in [0.25, 0.3) is 5.91 Å². The second-order valence-electron chi connectivity index (χ2n) is 6.71. The molecular formula is C21H18FN5O2S. The predicted octanol–water partition coefficient (Wildman–Crippen LogP) is 2.92. The Labute approximate surface area is 175 Å². The highest BCUT2D eigenvalue weighted by Gasteiger charge is 2.17. The smallest absolute Gasteiger partial charge is 0.347 e. The first-order valence-corrected chi connectivity index (χ1v) is 10.00. The van der Waals surface area contributed by atoms with Gasteiger partial charge in [-0.1, -0.05) is 18.2 Å². The number of nitrogens with one attached hydrogen (secondary N) is 1. The van der Waals surface area contributed by atoms with E-state index in [0.29, 0.717) is 16.4 Å².